The smallest absolute Gasteiger partial charge is 0.356 e. The molecule has 1 fully saturated rings. The average Bonchev–Trinajstić information content (AvgIpc) is 3.19. The van der Waals surface area contributed by atoms with Gasteiger partial charge in [-0.2, -0.15) is 0 Å². The van der Waals surface area contributed by atoms with E-state index in [9.17, 15) is 14.3 Å². The maximum Gasteiger partial charge on any atom is 0.356 e. The molecule has 4 aromatic rings. The number of hydrogen-bond donors (Lipinski definition) is 1. The van der Waals surface area contributed by atoms with E-state index in [4.69, 9.17) is 16.3 Å². The summed E-state index contributed by atoms with van der Waals surface area (Å²) in [5.74, 6) is 0.102. The van der Waals surface area contributed by atoms with Crippen LogP contribution in [0.1, 0.15) is 28.8 Å². The molecule has 1 atom stereocenters. The molecule has 5 rings (SSSR count). The molecule has 192 valence electrons. The fraction of sp³-hybridized carbons (Fsp3) is 0.333. The molecule has 3 aromatic heterocycles. The van der Waals surface area contributed by atoms with Crippen LogP contribution in [0.5, 0.6) is 5.88 Å². The number of carboxylic acid groups (broad SMARTS) is 1. The highest BCUT2D eigenvalue weighted by Crippen LogP contribution is 2.27. The number of hydrogen-bond acceptors (Lipinski definition) is 9. The van der Waals surface area contributed by atoms with Gasteiger partial charge >= 0.3 is 5.97 Å². The Kier molecular flexibility index (Phi) is 6.85. The lowest BCUT2D eigenvalue weighted by molar-refractivity contribution is 0.0690. The Bertz CT molecular complexity index is 1470. The lowest BCUT2D eigenvalue weighted by atomic mass is 10.2. The zero-order valence-electron chi connectivity index (χ0n) is 20.2. The molecule has 0 spiro atoms. The summed E-state index contributed by atoms with van der Waals surface area (Å²) in [5.41, 5.74) is 1.10. The molecule has 1 saturated heterocycles. The Balaban J connectivity index is 1.27. The average molecular weight is 527 g/mol. The number of ether oxygens (including phenoxy) is 1. The van der Waals surface area contributed by atoms with Crippen molar-refractivity contribution >= 4 is 34.7 Å². The molecule has 0 bridgehead atoms. The third-order valence-electron chi connectivity index (χ3n) is 6.33. The predicted octanol–water partition coefficient (Wildman–Crippen LogP) is 2.93. The van der Waals surface area contributed by atoms with Crippen molar-refractivity contribution in [1.82, 2.24) is 34.4 Å². The molecule has 0 radical (unpaired) electrons. The molecule has 1 aliphatic rings. The van der Waals surface area contributed by atoms with Gasteiger partial charge in [0, 0.05) is 55.7 Å². The highest BCUT2D eigenvalue weighted by molar-refractivity contribution is 6.30. The number of aromatic nitrogens is 6. The topological polar surface area (TPSA) is 122 Å². The molecule has 0 saturated carbocycles. The highest BCUT2D eigenvalue weighted by Gasteiger charge is 2.28. The number of aromatic carboxylic acids is 1. The van der Waals surface area contributed by atoms with Crippen molar-refractivity contribution in [2.24, 2.45) is 7.05 Å². The van der Waals surface area contributed by atoms with Gasteiger partial charge in [-0.3, -0.25) is 4.90 Å². The van der Waals surface area contributed by atoms with E-state index in [0.717, 1.165) is 5.82 Å². The highest BCUT2D eigenvalue weighted by atomic mass is 35.5. The number of rotatable bonds is 7. The zero-order chi connectivity index (χ0) is 26.1. The Morgan fingerprint density at radius 2 is 2.03 bits per heavy atom. The molecule has 0 aliphatic carbocycles. The van der Waals surface area contributed by atoms with Gasteiger partial charge in [-0.1, -0.05) is 17.7 Å². The van der Waals surface area contributed by atoms with E-state index in [0.29, 0.717) is 59.8 Å². The number of carboxylic acids is 1. The van der Waals surface area contributed by atoms with E-state index in [-0.39, 0.29) is 18.3 Å². The first-order chi connectivity index (χ1) is 17.8. The lowest BCUT2D eigenvalue weighted by Gasteiger charge is -2.40. The molecule has 11 nitrogen and oxygen atoms in total. The number of aryl methyl sites for hydroxylation is 1. The van der Waals surface area contributed by atoms with Gasteiger partial charge in [0.05, 0.1) is 12.7 Å². The number of fused-ring (bicyclic) bond motifs is 1. The van der Waals surface area contributed by atoms with Gasteiger partial charge in [0.15, 0.2) is 22.8 Å². The Morgan fingerprint density at radius 3 is 2.78 bits per heavy atom. The Hall–Kier alpha value is -3.90. The van der Waals surface area contributed by atoms with Crippen molar-refractivity contribution < 1.29 is 19.0 Å². The number of imidazole rings is 1. The largest absolute Gasteiger partial charge is 0.476 e. The van der Waals surface area contributed by atoms with Crippen LogP contribution in [-0.4, -0.2) is 71.1 Å². The van der Waals surface area contributed by atoms with Gasteiger partial charge in [0.2, 0.25) is 0 Å². The van der Waals surface area contributed by atoms with Gasteiger partial charge in [-0.05, 0) is 19.1 Å². The van der Waals surface area contributed by atoms with Crippen LogP contribution in [0.2, 0.25) is 5.02 Å². The molecular weight excluding hydrogens is 503 g/mol. The number of benzene rings is 1. The van der Waals surface area contributed by atoms with Crippen molar-refractivity contribution in [2.75, 3.05) is 24.5 Å². The maximum absolute atomic E-state index is 14.2. The van der Waals surface area contributed by atoms with Gasteiger partial charge in [0.1, 0.15) is 18.2 Å². The SMILES string of the molecule is C[C@H]1CN(c2nccnc2OCc2ccc(Cl)cc2F)CCN1Cc1nc2ncc(C(=O)O)nc2n1C. The summed E-state index contributed by atoms with van der Waals surface area (Å²) in [4.78, 5) is 37.3. The van der Waals surface area contributed by atoms with Crippen LogP contribution in [-0.2, 0) is 20.2 Å². The van der Waals surface area contributed by atoms with Gasteiger partial charge in [-0.25, -0.2) is 34.1 Å². The molecule has 13 heteroatoms. The van der Waals surface area contributed by atoms with E-state index in [1.807, 2.05) is 0 Å². The summed E-state index contributed by atoms with van der Waals surface area (Å²) >= 11 is 5.84. The number of piperazine rings is 1. The van der Waals surface area contributed by atoms with Crippen LogP contribution in [0.15, 0.2) is 36.8 Å². The molecule has 1 N–H and O–H groups in total. The minimum atomic E-state index is -1.13. The van der Waals surface area contributed by atoms with E-state index >= 15 is 0 Å². The second-order valence-corrected chi connectivity index (χ2v) is 9.21. The third kappa shape index (κ3) is 5.16. The van der Waals surface area contributed by atoms with Gasteiger partial charge < -0.3 is 19.3 Å². The van der Waals surface area contributed by atoms with E-state index in [1.54, 1.807) is 36.1 Å². The van der Waals surface area contributed by atoms with Gasteiger partial charge in [-0.15, -0.1) is 0 Å². The summed E-state index contributed by atoms with van der Waals surface area (Å²) in [7, 11) is 1.80. The summed E-state index contributed by atoms with van der Waals surface area (Å²) in [6.45, 7) is 4.70. The first-order valence-corrected chi connectivity index (χ1v) is 12.0. The summed E-state index contributed by atoms with van der Waals surface area (Å²) in [6.07, 6.45) is 4.36. The minimum absolute atomic E-state index is 0.00258. The summed E-state index contributed by atoms with van der Waals surface area (Å²) in [5, 5.41) is 9.53. The normalized spacial score (nSPS) is 16.3. The molecule has 0 unspecified atom stereocenters. The van der Waals surface area contributed by atoms with Crippen LogP contribution in [0.4, 0.5) is 10.2 Å². The molecule has 0 amide bonds. The second-order valence-electron chi connectivity index (χ2n) is 8.77. The first-order valence-electron chi connectivity index (χ1n) is 11.6. The van der Waals surface area contributed by atoms with E-state index in [1.165, 1.54) is 12.3 Å². The zero-order valence-corrected chi connectivity index (χ0v) is 20.9. The Morgan fingerprint density at radius 1 is 1.22 bits per heavy atom. The van der Waals surface area contributed by atoms with E-state index < -0.39 is 11.8 Å². The lowest BCUT2D eigenvalue weighted by Crippen LogP contribution is -2.52. The van der Waals surface area contributed by atoms with Crippen LogP contribution < -0.4 is 9.64 Å². The molecular formula is C24H24ClFN8O3. The number of carbonyl (C=O) groups is 1. The van der Waals surface area contributed by atoms with Crippen molar-refractivity contribution in [1.29, 1.82) is 0 Å². The summed E-state index contributed by atoms with van der Waals surface area (Å²) in [6, 6.07) is 4.58. The third-order valence-corrected chi connectivity index (χ3v) is 6.56. The van der Waals surface area contributed by atoms with Crippen molar-refractivity contribution in [3.05, 3.63) is 64.7 Å². The summed E-state index contributed by atoms with van der Waals surface area (Å²) < 4.78 is 21.8. The Labute approximate surface area is 216 Å². The monoisotopic (exact) mass is 526 g/mol. The number of halogens is 2. The van der Waals surface area contributed by atoms with E-state index in [2.05, 4.69) is 41.6 Å². The second kappa shape index (κ2) is 10.2. The predicted molar refractivity (Wildman–Crippen MR) is 133 cm³/mol. The maximum atomic E-state index is 14.2. The van der Waals surface area contributed by atoms with Crippen LogP contribution in [0.3, 0.4) is 0 Å². The van der Waals surface area contributed by atoms with Crippen molar-refractivity contribution in [3.63, 3.8) is 0 Å². The minimum Gasteiger partial charge on any atom is -0.476 e. The molecule has 37 heavy (non-hydrogen) atoms. The quantitative estimate of drug-likeness (QED) is 0.384. The number of nitrogens with zero attached hydrogens (tertiary/aromatic N) is 8. The van der Waals surface area contributed by atoms with Crippen LogP contribution in [0.25, 0.3) is 11.3 Å². The van der Waals surface area contributed by atoms with Crippen molar-refractivity contribution in [3.8, 4) is 5.88 Å². The fourth-order valence-corrected chi connectivity index (χ4v) is 4.43. The first kappa shape index (κ1) is 24.8. The molecule has 4 heterocycles. The van der Waals surface area contributed by atoms with Crippen molar-refractivity contribution in [2.45, 2.75) is 26.1 Å². The molecule has 1 aromatic carbocycles. The molecule has 1 aliphatic heterocycles. The van der Waals surface area contributed by atoms with Crippen LogP contribution in [0, 0.1) is 5.82 Å². The number of anilines is 1. The fourth-order valence-electron chi connectivity index (χ4n) is 4.27. The van der Waals surface area contributed by atoms with Crippen LogP contribution >= 0.6 is 11.6 Å². The standard InChI is InChI=1S/C24H24ClFN8O3/c1-14-11-34(22-23(28-6-5-27-22)37-13-15-3-4-16(25)9-17(15)26)8-7-33(14)12-19-31-20-21(32(19)2)30-18(10-29-20)24(35)36/h3-6,9-10,14H,7-8,11-13H2,1-2H3,(H,35,36)/t14-/m0/s1. The van der Waals surface area contributed by atoms with Gasteiger partial charge in [0.25, 0.3) is 5.88 Å².